The molecule has 0 saturated carbocycles. The standard InChI is InChI=1S/C16H20N2O2/c1-11(19)12-4-3-9-18(10-12)16(20)14-5-2-6-15-13(14)7-8-17-15/h2,5-8,11-12,17,19H,3-4,9-10H2,1H3. The molecule has 4 nitrogen and oxygen atoms in total. The third-order valence-electron chi connectivity index (χ3n) is 4.25. The molecule has 2 N–H and O–H groups in total. The number of likely N-dealkylation sites (tertiary alicyclic amines) is 1. The number of piperidine rings is 1. The zero-order valence-corrected chi connectivity index (χ0v) is 11.7. The SMILES string of the molecule is CC(O)C1CCCN(C(=O)c2cccc3[nH]ccc23)C1. The minimum Gasteiger partial charge on any atom is -0.393 e. The largest absolute Gasteiger partial charge is 0.393 e. The van der Waals surface area contributed by atoms with Crippen molar-refractivity contribution in [2.24, 2.45) is 5.92 Å². The number of nitrogens with zero attached hydrogens (tertiary/aromatic N) is 1. The molecule has 1 aliphatic heterocycles. The molecule has 2 aromatic rings. The summed E-state index contributed by atoms with van der Waals surface area (Å²) in [6, 6.07) is 7.70. The lowest BCUT2D eigenvalue weighted by Crippen LogP contribution is -2.43. The Labute approximate surface area is 118 Å². The third kappa shape index (κ3) is 2.31. The second-order valence-corrected chi connectivity index (χ2v) is 5.64. The Kier molecular flexibility index (Phi) is 3.49. The van der Waals surface area contributed by atoms with E-state index in [1.165, 1.54) is 0 Å². The molecule has 4 heteroatoms. The van der Waals surface area contributed by atoms with Crippen molar-refractivity contribution in [3.63, 3.8) is 0 Å². The number of aromatic nitrogens is 1. The molecule has 1 aliphatic rings. The molecular formula is C16H20N2O2. The second kappa shape index (κ2) is 5.29. The molecule has 0 bridgehead atoms. The number of aliphatic hydroxyl groups excluding tert-OH is 1. The summed E-state index contributed by atoms with van der Waals surface area (Å²) in [6.07, 6.45) is 3.46. The number of benzene rings is 1. The quantitative estimate of drug-likeness (QED) is 0.882. The molecule has 106 valence electrons. The molecule has 1 amide bonds. The first-order chi connectivity index (χ1) is 9.66. The maximum Gasteiger partial charge on any atom is 0.254 e. The molecule has 3 rings (SSSR count). The Morgan fingerprint density at radius 1 is 1.45 bits per heavy atom. The Bertz CT molecular complexity index is 618. The van der Waals surface area contributed by atoms with Gasteiger partial charge in [-0.2, -0.15) is 0 Å². The lowest BCUT2D eigenvalue weighted by molar-refractivity contribution is 0.0467. The molecule has 1 saturated heterocycles. The molecule has 0 aliphatic carbocycles. The van der Waals surface area contributed by atoms with Crippen molar-refractivity contribution in [3.8, 4) is 0 Å². The molecule has 2 atom stereocenters. The number of fused-ring (bicyclic) bond motifs is 1. The number of hydrogen-bond acceptors (Lipinski definition) is 2. The summed E-state index contributed by atoms with van der Waals surface area (Å²) < 4.78 is 0. The maximum absolute atomic E-state index is 12.7. The summed E-state index contributed by atoms with van der Waals surface area (Å²) in [6.45, 7) is 3.24. The Morgan fingerprint density at radius 2 is 2.30 bits per heavy atom. The topological polar surface area (TPSA) is 56.3 Å². The number of carbonyl (C=O) groups excluding carboxylic acids is 1. The van der Waals surface area contributed by atoms with E-state index in [4.69, 9.17) is 0 Å². The van der Waals surface area contributed by atoms with Crippen molar-refractivity contribution < 1.29 is 9.90 Å². The smallest absolute Gasteiger partial charge is 0.254 e. The van der Waals surface area contributed by atoms with Gasteiger partial charge in [-0.25, -0.2) is 0 Å². The summed E-state index contributed by atoms with van der Waals surface area (Å²) in [4.78, 5) is 17.7. The first-order valence-corrected chi connectivity index (χ1v) is 7.20. The van der Waals surface area contributed by atoms with Gasteiger partial charge in [-0.3, -0.25) is 4.79 Å². The van der Waals surface area contributed by atoms with Gasteiger partial charge in [0.15, 0.2) is 0 Å². The van der Waals surface area contributed by atoms with E-state index >= 15 is 0 Å². The molecule has 0 spiro atoms. The fourth-order valence-corrected chi connectivity index (χ4v) is 3.03. The fraction of sp³-hybridized carbons (Fsp3) is 0.438. The van der Waals surface area contributed by atoms with Gasteiger partial charge in [-0.05, 0) is 38.0 Å². The number of hydrogen-bond donors (Lipinski definition) is 2. The zero-order valence-electron chi connectivity index (χ0n) is 11.7. The van der Waals surface area contributed by atoms with Crippen LogP contribution in [0.15, 0.2) is 30.5 Å². The zero-order chi connectivity index (χ0) is 14.1. The highest BCUT2D eigenvalue weighted by Gasteiger charge is 2.27. The van der Waals surface area contributed by atoms with Crippen LogP contribution in [0.4, 0.5) is 0 Å². The van der Waals surface area contributed by atoms with E-state index in [2.05, 4.69) is 4.98 Å². The van der Waals surface area contributed by atoms with E-state index in [9.17, 15) is 9.90 Å². The highest BCUT2D eigenvalue weighted by atomic mass is 16.3. The highest BCUT2D eigenvalue weighted by molar-refractivity contribution is 6.06. The Hall–Kier alpha value is -1.81. The van der Waals surface area contributed by atoms with Crippen molar-refractivity contribution in [1.82, 2.24) is 9.88 Å². The van der Waals surface area contributed by atoms with E-state index in [1.54, 1.807) is 0 Å². The monoisotopic (exact) mass is 272 g/mol. The average Bonchev–Trinajstić information content (AvgIpc) is 2.95. The normalized spacial score (nSPS) is 21.1. The van der Waals surface area contributed by atoms with Crippen molar-refractivity contribution in [2.45, 2.75) is 25.9 Å². The van der Waals surface area contributed by atoms with Gasteiger partial charge in [-0.1, -0.05) is 6.07 Å². The van der Waals surface area contributed by atoms with Gasteiger partial charge in [0.1, 0.15) is 0 Å². The Balaban J connectivity index is 1.87. The first kappa shape index (κ1) is 13.2. The summed E-state index contributed by atoms with van der Waals surface area (Å²) in [7, 11) is 0. The number of rotatable bonds is 2. The minimum atomic E-state index is -0.353. The molecule has 20 heavy (non-hydrogen) atoms. The van der Waals surface area contributed by atoms with E-state index in [1.807, 2.05) is 42.3 Å². The first-order valence-electron chi connectivity index (χ1n) is 7.20. The van der Waals surface area contributed by atoms with Crippen LogP contribution in [0.2, 0.25) is 0 Å². The molecule has 0 radical (unpaired) electrons. The average molecular weight is 272 g/mol. The lowest BCUT2D eigenvalue weighted by Gasteiger charge is -2.34. The van der Waals surface area contributed by atoms with Crippen LogP contribution >= 0.6 is 0 Å². The van der Waals surface area contributed by atoms with Crippen molar-refractivity contribution in [2.75, 3.05) is 13.1 Å². The summed E-state index contributed by atoms with van der Waals surface area (Å²) in [5.41, 5.74) is 1.73. The van der Waals surface area contributed by atoms with Crippen LogP contribution in [0.5, 0.6) is 0 Å². The van der Waals surface area contributed by atoms with Crippen LogP contribution < -0.4 is 0 Å². The van der Waals surface area contributed by atoms with Gasteiger partial charge >= 0.3 is 0 Å². The van der Waals surface area contributed by atoms with Gasteiger partial charge in [0.05, 0.1) is 6.10 Å². The van der Waals surface area contributed by atoms with Crippen LogP contribution in [0.25, 0.3) is 10.9 Å². The molecule has 1 aromatic carbocycles. The van der Waals surface area contributed by atoms with Gasteiger partial charge in [0.25, 0.3) is 5.91 Å². The van der Waals surface area contributed by atoms with Crippen LogP contribution in [-0.2, 0) is 0 Å². The van der Waals surface area contributed by atoms with Crippen molar-refractivity contribution >= 4 is 16.8 Å². The van der Waals surface area contributed by atoms with Crippen molar-refractivity contribution in [1.29, 1.82) is 0 Å². The summed E-state index contributed by atoms with van der Waals surface area (Å²) in [5.74, 6) is 0.263. The van der Waals surface area contributed by atoms with E-state index < -0.39 is 0 Å². The molecule has 1 aromatic heterocycles. The number of nitrogens with one attached hydrogen (secondary N) is 1. The van der Waals surface area contributed by atoms with E-state index in [-0.39, 0.29) is 17.9 Å². The van der Waals surface area contributed by atoms with Gasteiger partial charge in [-0.15, -0.1) is 0 Å². The maximum atomic E-state index is 12.7. The van der Waals surface area contributed by atoms with Crippen LogP contribution in [0.3, 0.4) is 0 Å². The number of carbonyl (C=O) groups is 1. The molecule has 2 unspecified atom stereocenters. The van der Waals surface area contributed by atoms with Gasteiger partial charge in [0, 0.05) is 41.7 Å². The predicted molar refractivity (Wildman–Crippen MR) is 78.6 cm³/mol. The summed E-state index contributed by atoms with van der Waals surface area (Å²) >= 11 is 0. The number of aliphatic hydroxyl groups is 1. The number of H-pyrrole nitrogens is 1. The van der Waals surface area contributed by atoms with Gasteiger partial charge in [0.2, 0.25) is 0 Å². The van der Waals surface area contributed by atoms with Gasteiger partial charge < -0.3 is 15.0 Å². The molecular weight excluding hydrogens is 252 g/mol. The predicted octanol–water partition coefficient (Wildman–Crippen LogP) is 2.40. The number of aromatic amines is 1. The van der Waals surface area contributed by atoms with Crippen LogP contribution in [-0.4, -0.2) is 40.1 Å². The lowest BCUT2D eigenvalue weighted by atomic mass is 9.93. The van der Waals surface area contributed by atoms with E-state index in [0.717, 1.165) is 35.9 Å². The van der Waals surface area contributed by atoms with Crippen LogP contribution in [0, 0.1) is 5.92 Å². The summed E-state index contributed by atoms with van der Waals surface area (Å²) in [5, 5.41) is 10.7. The highest BCUT2D eigenvalue weighted by Crippen LogP contribution is 2.24. The van der Waals surface area contributed by atoms with Crippen molar-refractivity contribution in [3.05, 3.63) is 36.0 Å². The minimum absolute atomic E-state index is 0.0700. The molecule has 1 fully saturated rings. The van der Waals surface area contributed by atoms with E-state index in [0.29, 0.717) is 6.54 Å². The molecule has 2 heterocycles. The van der Waals surface area contributed by atoms with Crippen LogP contribution in [0.1, 0.15) is 30.1 Å². The fourth-order valence-electron chi connectivity index (χ4n) is 3.03. The second-order valence-electron chi connectivity index (χ2n) is 5.64. The Morgan fingerprint density at radius 3 is 3.10 bits per heavy atom. The number of amides is 1. The third-order valence-corrected chi connectivity index (χ3v) is 4.25.